The molecule has 1 aliphatic heterocycles. The maximum atomic E-state index is 12.3. The number of hydrogen-bond donors (Lipinski definition) is 1. The van der Waals surface area contributed by atoms with E-state index in [-0.39, 0.29) is 5.91 Å². The molecule has 0 atom stereocenters. The molecule has 0 saturated carbocycles. The molecule has 1 aromatic carbocycles. The largest absolute Gasteiger partial charge is 0.339 e. The van der Waals surface area contributed by atoms with Gasteiger partial charge in [-0.15, -0.1) is 0 Å². The highest BCUT2D eigenvalue weighted by Crippen LogP contribution is 2.22. The second kappa shape index (κ2) is 6.28. The summed E-state index contributed by atoms with van der Waals surface area (Å²) in [5.74, 6) is 0.123. The van der Waals surface area contributed by atoms with Crippen LogP contribution in [-0.2, 0) is 11.3 Å². The van der Waals surface area contributed by atoms with Crippen molar-refractivity contribution >= 4 is 17.5 Å². The fraction of sp³-hybridized carbons (Fsp3) is 0.333. The molecule has 0 spiro atoms. The zero-order valence-corrected chi connectivity index (χ0v) is 12.4. The van der Waals surface area contributed by atoms with E-state index in [4.69, 9.17) is 11.6 Å². The van der Waals surface area contributed by atoms with Gasteiger partial charge in [0.05, 0.1) is 18.2 Å². The lowest BCUT2D eigenvalue weighted by atomic mass is 10.1. The molecule has 1 N–H and O–H groups in total. The highest BCUT2D eigenvalue weighted by atomic mass is 35.5. The van der Waals surface area contributed by atoms with Crippen molar-refractivity contribution in [1.82, 2.24) is 19.8 Å². The van der Waals surface area contributed by atoms with Gasteiger partial charge in [-0.2, -0.15) is 0 Å². The second-order valence-electron chi connectivity index (χ2n) is 5.05. The van der Waals surface area contributed by atoms with E-state index in [1.165, 1.54) is 0 Å². The van der Waals surface area contributed by atoms with Crippen molar-refractivity contribution in [3.05, 3.63) is 41.8 Å². The maximum Gasteiger partial charge on any atom is 0.242 e. The van der Waals surface area contributed by atoms with E-state index in [1.54, 1.807) is 12.5 Å². The number of piperazine rings is 1. The van der Waals surface area contributed by atoms with Crippen LogP contribution in [0.15, 0.2) is 36.8 Å². The topological polar surface area (TPSA) is 50.2 Å². The summed E-state index contributed by atoms with van der Waals surface area (Å²) in [5.41, 5.74) is 1.87. The van der Waals surface area contributed by atoms with Crippen LogP contribution in [0.4, 0.5) is 0 Å². The lowest BCUT2D eigenvalue weighted by molar-refractivity contribution is -0.132. The third-order valence-electron chi connectivity index (χ3n) is 3.61. The van der Waals surface area contributed by atoms with E-state index in [0.717, 1.165) is 37.4 Å². The number of benzene rings is 1. The molecular weight excluding hydrogens is 288 g/mol. The molecule has 21 heavy (non-hydrogen) atoms. The number of nitrogens with one attached hydrogen (secondary N) is 1. The Balaban J connectivity index is 1.78. The Labute approximate surface area is 128 Å². The van der Waals surface area contributed by atoms with E-state index in [9.17, 15) is 4.79 Å². The number of nitrogens with zero attached hydrogens (tertiary/aromatic N) is 3. The smallest absolute Gasteiger partial charge is 0.242 e. The minimum atomic E-state index is 0.123. The summed E-state index contributed by atoms with van der Waals surface area (Å²) in [5, 5.41) is 3.92. The fourth-order valence-corrected chi connectivity index (χ4v) is 2.69. The van der Waals surface area contributed by atoms with Gasteiger partial charge < -0.3 is 14.8 Å². The van der Waals surface area contributed by atoms with Crippen molar-refractivity contribution < 1.29 is 4.79 Å². The summed E-state index contributed by atoms with van der Waals surface area (Å²) in [6, 6.07) is 7.57. The number of halogens is 1. The van der Waals surface area contributed by atoms with Gasteiger partial charge in [-0.05, 0) is 12.1 Å². The zero-order chi connectivity index (χ0) is 14.7. The average Bonchev–Trinajstić information content (AvgIpc) is 2.96. The molecule has 2 aromatic rings. The highest BCUT2D eigenvalue weighted by molar-refractivity contribution is 6.30. The Bertz CT molecular complexity index is 634. The first-order chi connectivity index (χ1) is 10.2. The van der Waals surface area contributed by atoms with Crippen molar-refractivity contribution in [1.29, 1.82) is 0 Å². The third-order valence-corrected chi connectivity index (χ3v) is 3.84. The zero-order valence-electron chi connectivity index (χ0n) is 11.6. The van der Waals surface area contributed by atoms with Gasteiger partial charge in [0.1, 0.15) is 6.54 Å². The van der Waals surface area contributed by atoms with Crippen LogP contribution in [0.25, 0.3) is 11.3 Å². The first-order valence-corrected chi connectivity index (χ1v) is 7.36. The summed E-state index contributed by atoms with van der Waals surface area (Å²) in [7, 11) is 0. The fourth-order valence-electron chi connectivity index (χ4n) is 2.49. The molecule has 2 heterocycles. The van der Waals surface area contributed by atoms with Crippen molar-refractivity contribution in [2.45, 2.75) is 6.54 Å². The summed E-state index contributed by atoms with van der Waals surface area (Å²) < 4.78 is 1.87. The lowest BCUT2D eigenvalue weighted by Gasteiger charge is -2.27. The number of amides is 1. The van der Waals surface area contributed by atoms with Crippen LogP contribution in [0.1, 0.15) is 0 Å². The first-order valence-electron chi connectivity index (χ1n) is 6.98. The Hall–Kier alpha value is -1.85. The van der Waals surface area contributed by atoms with E-state index in [2.05, 4.69) is 10.3 Å². The van der Waals surface area contributed by atoms with E-state index in [1.807, 2.05) is 33.7 Å². The number of carbonyl (C=O) groups excluding carboxylic acids is 1. The van der Waals surface area contributed by atoms with Gasteiger partial charge in [-0.3, -0.25) is 4.79 Å². The van der Waals surface area contributed by atoms with Gasteiger partial charge in [-0.1, -0.05) is 23.7 Å². The van der Waals surface area contributed by atoms with Crippen LogP contribution < -0.4 is 5.32 Å². The molecule has 0 bridgehead atoms. The SMILES string of the molecule is O=C(Cn1cncc1-c1cccc(Cl)c1)N1CCNCC1. The van der Waals surface area contributed by atoms with Crippen molar-refractivity contribution in [2.75, 3.05) is 26.2 Å². The van der Waals surface area contributed by atoms with Gasteiger partial charge in [0.2, 0.25) is 5.91 Å². The number of hydrogen-bond acceptors (Lipinski definition) is 3. The second-order valence-corrected chi connectivity index (χ2v) is 5.48. The van der Waals surface area contributed by atoms with E-state index >= 15 is 0 Å². The summed E-state index contributed by atoms with van der Waals surface area (Å²) >= 11 is 6.03. The highest BCUT2D eigenvalue weighted by Gasteiger charge is 2.17. The van der Waals surface area contributed by atoms with Crippen LogP contribution in [0.2, 0.25) is 5.02 Å². The average molecular weight is 305 g/mol. The van der Waals surface area contributed by atoms with Crippen LogP contribution in [0.3, 0.4) is 0 Å². The normalized spacial score (nSPS) is 15.2. The monoisotopic (exact) mass is 304 g/mol. The Morgan fingerprint density at radius 2 is 2.14 bits per heavy atom. The molecule has 1 saturated heterocycles. The van der Waals surface area contributed by atoms with Crippen LogP contribution >= 0.6 is 11.6 Å². The van der Waals surface area contributed by atoms with Crippen LogP contribution in [0.5, 0.6) is 0 Å². The van der Waals surface area contributed by atoms with Crippen molar-refractivity contribution in [2.24, 2.45) is 0 Å². The van der Waals surface area contributed by atoms with Crippen LogP contribution in [0, 0.1) is 0 Å². The first kappa shape index (κ1) is 14.1. The number of imidazole rings is 1. The third kappa shape index (κ3) is 3.25. The molecule has 110 valence electrons. The molecule has 1 amide bonds. The van der Waals surface area contributed by atoms with E-state index < -0.39 is 0 Å². The predicted octanol–water partition coefficient (Wildman–Crippen LogP) is 1.64. The molecule has 0 aliphatic carbocycles. The molecular formula is C15H17ClN4O. The van der Waals surface area contributed by atoms with Crippen molar-refractivity contribution in [3.63, 3.8) is 0 Å². The quantitative estimate of drug-likeness (QED) is 0.938. The minimum absolute atomic E-state index is 0.123. The van der Waals surface area contributed by atoms with Gasteiger partial charge in [0.15, 0.2) is 0 Å². The summed E-state index contributed by atoms with van der Waals surface area (Å²) in [6.07, 6.45) is 3.45. The molecule has 5 nitrogen and oxygen atoms in total. The molecule has 1 fully saturated rings. The summed E-state index contributed by atoms with van der Waals surface area (Å²) in [6.45, 7) is 3.55. The maximum absolute atomic E-state index is 12.3. The van der Waals surface area contributed by atoms with Crippen molar-refractivity contribution in [3.8, 4) is 11.3 Å². The Morgan fingerprint density at radius 3 is 2.90 bits per heavy atom. The van der Waals surface area contributed by atoms with Crippen LogP contribution in [-0.4, -0.2) is 46.5 Å². The Morgan fingerprint density at radius 1 is 1.33 bits per heavy atom. The molecule has 0 radical (unpaired) electrons. The minimum Gasteiger partial charge on any atom is -0.339 e. The van der Waals surface area contributed by atoms with Gasteiger partial charge in [0, 0.05) is 36.8 Å². The number of rotatable bonds is 3. The Kier molecular flexibility index (Phi) is 4.22. The lowest BCUT2D eigenvalue weighted by Crippen LogP contribution is -2.47. The molecule has 6 heteroatoms. The number of aromatic nitrogens is 2. The van der Waals surface area contributed by atoms with Gasteiger partial charge in [-0.25, -0.2) is 4.98 Å². The number of carbonyl (C=O) groups is 1. The molecule has 3 rings (SSSR count). The van der Waals surface area contributed by atoms with Gasteiger partial charge >= 0.3 is 0 Å². The molecule has 0 unspecified atom stereocenters. The standard InChI is InChI=1S/C15H17ClN4O/c16-13-3-1-2-12(8-13)14-9-18-11-20(14)10-15(21)19-6-4-17-5-7-19/h1-3,8-9,11,17H,4-7,10H2. The summed E-state index contributed by atoms with van der Waals surface area (Å²) in [4.78, 5) is 18.4. The molecule has 1 aliphatic rings. The molecule has 1 aromatic heterocycles. The van der Waals surface area contributed by atoms with E-state index in [0.29, 0.717) is 11.6 Å². The predicted molar refractivity (Wildman–Crippen MR) is 82.1 cm³/mol. The van der Waals surface area contributed by atoms with Gasteiger partial charge in [0.25, 0.3) is 0 Å².